The average molecular weight is 375 g/mol. The van der Waals surface area contributed by atoms with Crippen LogP contribution in [-0.4, -0.2) is 35.3 Å². The van der Waals surface area contributed by atoms with Crippen molar-refractivity contribution in [3.63, 3.8) is 0 Å². The Bertz CT molecular complexity index is 743. The number of nitrogens with zero attached hydrogens (tertiary/aromatic N) is 2. The number of rotatable bonds is 6. The Kier molecular flexibility index (Phi) is 6.32. The summed E-state index contributed by atoms with van der Waals surface area (Å²) >= 11 is 1.53. The lowest BCUT2D eigenvalue weighted by Gasteiger charge is -2.27. The van der Waals surface area contributed by atoms with Gasteiger partial charge < -0.3 is 14.6 Å². The van der Waals surface area contributed by atoms with Crippen LogP contribution in [0, 0.1) is 19.8 Å². The zero-order valence-electron chi connectivity index (χ0n) is 15.4. The maximum Gasteiger partial charge on any atom is 0.254 e. The van der Waals surface area contributed by atoms with Gasteiger partial charge in [0, 0.05) is 30.7 Å². The zero-order chi connectivity index (χ0) is 18.5. The van der Waals surface area contributed by atoms with Crippen molar-refractivity contribution in [1.29, 1.82) is 0 Å². The zero-order valence-corrected chi connectivity index (χ0v) is 16.3. The highest BCUT2D eigenvalue weighted by molar-refractivity contribution is 7.98. The lowest BCUT2D eigenvalue weighted by molar-refractivity contribution is 0.00301. The van der Waals surface area contributed by atoms with Crippen LogP contribution in [0.25, 0.3) is 0 Å². The summed E-state index contributed by atoms with van der Waals surface area (Å²) in [5.74, 6) is 1.89. The lowest BCUT2D eigenvalue weighted by atomic mass is 9.96. The highest BCUT2D eigenvalue weighted by Gasteiger charge is 2.21. The predicted molar refractivity (Wildman–Crippen MR) is 100 cm³/mol. The molecular weight excluding hydrogens is 350 g/mol. The largest absolute Gasteiger partial charge is 0.378 e. The Morgan fingerprint density at radius 1 is 1.42 bits per heavy atom. The molecule has 140 valence electrons. The van der Waals surface area contributed by atoms with Crippen molar-refractivity contribution < 1.29 is 14.1 Å². The van der Waals surface area contributed by atoms with Crippen LogP contribution in [-0.2, 0) is 10.5 Å². The third-order valence-electron chi connectivity index (χ3n) is 4.70. The molecule has 2 atom stereocenters. The fourth-order valence-electron chi connectivity index (χ4n) is 3.14. The number of aryl methyl sites for hydroxylation is 2. The van der Waals surface area contributed by atoms with Gasteiger partial charge in [-0.05, 0) is 51.7 Å². The van der Waals surface area contributed by atoms with Gasteiger partial charge in [-0.25, -0.2) is 4.98 Å². The van der Waals surface area contributed by atoms with Gasteiger partial charge in [-0.3, -0.25) is 4.79 Å². The summed E-state index contributed by atoms with van der Waals surface area (Å²) < 4.78 is 10.8. The summed E-state index contributed by atoms with van der Waals surface area (Å²) in [6.07, 6.45) is 3.96. The highest BCUT2D eigenvalue weighted by Crippen LogP contribution is 2.27. The molecule has 2 aromatic rings. The minimum absolute atomic E-state index is 0.0708. The summed E-state index contributed by atoms with van der Waals surface area (Å²) in [6, 6.07) is 3.62. The number of ether oxygens (including phenoxy) is 1. The van der Waals surface area contributed by atoms with E-state index in [0.717, 1.165) is 41.5 Å². The Morgan fingerprint density at radius 3 is 3.00 bits per heavy atom. The summed E-state index contributed by atoms with van der Waals surface area (Å²) in [7, 11) is 0. The van der Waals surface area contributed by atoms with Crippen molar-refractivity contribution in [2.75, 3.05) is 13.2 Å². The van der Waals surface area contributed by atoms with E-state index in [1.807, 2.05) is 19.9 Å². The first-order chi connectivity index (χ1) is 12.5. The number of hydrogen-bond acceptors (Lipinski definition) is 6. The fourth-order valence-corrected chi connectivity index (χ4v) is 4.28. The first kappa shape index (κ1) is 18.9. The number of amides is 1. The van der Waals surface area contributed by atoms with Crippen LogP contribution >= 0.6 is 11.8 Å². The molecule has 1 N–H and O–H groups in total. The maximum atomic E-state index is 12.7. The predicted octanol–water partition coefficient (Wildman–Crippen LogP) is 3.52. The Hall–Kier alpha value is -1.86. The first-order valence-electron chi connectivity index (χ1n) is 8.94. The monoisotopic (exact) mass is 375 g/mol. The minimum Gasteiger partial charge on any atom is -0.378 e. The number of nitrogens with one attached hydrogen (secondary N) is 1. The van der Waals surface area contributed by atoms with E-state index >= 15 is 0 Å². The summed E-state index contributed by atoms with van der Waals surface area (Å²) in [5.41, 5.74) is 2.55. The molecule has 0 aliphatic carbocycles. The molecular formula is C19H25N3O3S. The van der Waals surface area contributed by atoms with Crippen molar-refractivity contribution in [3.05, 3.63) is 40.9 Å². The standard InChI is InChI=1S/C19H25N3O3S/c1-12-9-15(6-8-24-12)10-21-18(23)16-5-4-7-20-19(16)26-11-17-13(2)22-25-14(17)3/h4-5,7,12,15H,6,8-11H2,1-3H3,(H,21,23)/t12-,15-/m1/s1. The van der Waals surface area contributed by atoms with Crippen molar-refractivity contribution in [1.82, 2.24) is 15.5 Å². The minimum atomic E-state index is -0.0708. The second kappa shape index (κ2) is 8.68. The molecule has 0 spiro atoms. The van der Waals surface area contributed by atoms with Gasteiger partial charge in [0.05, 0.1) is 17.4 Å². The van der Waals surface area contributed by atoms with E-state index in [4.69, 9.17) is 9.26 Å². The van der Waals surface area contributed by atoms with Gasteiger partial charge in [-0.15, -0.1) is 11.8 Å². The van der Waals surface area contributed by atoms with Gasteiger partial charge in [-0.2, -0.15) is 0 Å². The van der Waals surface area contributed by atoms with Gasteiger partial charge in [0.1, 0.15) is 10.8 Å². The van der Waals surface area contributed by atoms with E-state index in [2.05, 4.69) is 22.4 Å². The van der Waals surface area contributed by atoms with E-state index in [9.17, 15) is 4.79 Å². The van der Waals surface area contributed by atoms with Gasteiger partial charge in [0.2, 0.25) is 0 Å². The lowest BCUT2D eigenvalue weighted by Crippen LogP contribution is -2.34. The SMILES string of the molecule is Cc1noc(C)c1CSc1ncccc1C(=O)NC[C@@H]1CCO[C@H](C)C1. The van der Waals surface area contributed by atoms with Crippen LogP contribution in [0.5, 0.6) is 0 Å². The fraction of sp³-hybridized carbons (Fsp3) is 0.526. The van der Waals surface area contributed by atoms with Crippen LogP contribution in [0.4, 0.5) is 0 Å². The van der Waals surface area contributed by atoms with Crippen LogP contribution in [0.3, 0.4) is 0 Å². The topological polar surface area (TPSA) is 77.2 Å². The Balaban J connectivity index is 1.61. The molecule has 0 bridgehead atoms. The van der Waals surface area contributed by atoms with Crippen molar-refractivity contribution in [3.8, 4) is 0 Å². The summed E-state index contributed by atoms with van der Waals surface area (Å²) in [4.78, 5) is 17.1. The molecule has 1 aliphatic rings. The molecule has 0 unspecified atom stereocenters. The van der Waals surface area contributed by atoms with Gasteiger partial charge in [0.25, 0.3) is 5.91 Å². The van der Waals surface area contributed by atoms with Crippen LogP contribution < -0.4 is 5.32 Å². The van der Waals surface area contributed by atoms with Gasteiger partial charge in [-0.1, -0.05) is 5.16 Å². The van der Waals surface area contributed by atoms with Gasteiger partial charge in [0.15, 0.2) is 0 Å². The van der Waals surface area contributed by atoms with E-state index in [1.54, 1.807) is 12.3 Å². The highest BCUT2D eigenvalue weighted by atomic mass is 32.2. The number of thioether (sulfide) groups is 1. The number of pyridine rings is 1. The molecule has 3 heterocycles. The molecule has 0 saturated carbocycles. The molecule has 1 amide bonds. The number of carbonyl (C=O) groups excluding carboxylic acids is 1. The molecule has 2 aromatic heterocycles. The molecule has 1 saturated heterocycles. The molecule has 0 radical (unpaired) electrons. The molecule has 1 aliphatic heterocycles. The van der Waals surface area contributed by atoms with Crippen molar-refractivity contribution in [2.24, 2.45) is 5.92 Å². The number of hydrogen-bond donors (Lipinski definition) is 1. The second-order valence-electron chi connectivity index (χ2n) is 6.73. The smallest absolute Gasteiger partial charge is 0.254 e. The second-order valence-corrected chi connectivity index (χ2v) is 7.69. The molecule has 1 fully saturated rings. The van der Waals surface area contributed by atoms with Crippen LogP contribution in [0.15, 0.2) is 27.9 Å². The molecule has 26 heavy (non-hydrogen) atoms. The third kappa shape index (κ3) is 4.65. The van der Waals surface area contributed by atoms with E-state index in [0.29, 0.717) is 23.8 Å². The molecule has 3 rings (SSSR count). The van der Waals surface area contributed by atoms with Crippen molar-refractivity contribution >= 4 is 17.7 Å². The number of carbonyl (C=O) groups is 1. The Labute approximate surface area is 158 Å². The number of aromatic nitrogens is 2. The van der Waals surface area contributed by atoms with Crippen LogP contribution in [0.1, 0.15) is 47.1 Å². The quantitative estimate of drug-likeness (QED) is 0.779. The average Bonchev–Trinajstić information content (AvgIpc) is 2.96. The van der Waals surface area contributed by atoms with E-state index < -0.39 is 0 Å². The van der Waals surface area contributed by atoms with Crippen LogP contribution in [0.2, 0.25) is 0 Å². The summed E-state index contributed by atoms with van der Waals surface area (Å²) in [6.45, 7) is 7.35. The normalized spacial score (nSPS) is 20.1. The first-order valence-corrected chi connectivity index (χ1v) is 9.92. The van der Waals surface area contributed by atoms with Crippen molar-refractivity contribution in [2.45, 2.75) is 50.5 Å². The molecule has 0 aromatic carbocycles. The van der Waals surface area contributed by atoms with Gasteiger partial charge >= 0.3 is 0 Å². The molecule has 7 heteroatoms. The Morgan fingerprint density at radius 2 is 2.27 bits per heavy atom. The summed E-state index contributed by atoms with van der Waals surface area (Å²) in [5, 5.41) is 7.77. The van der Waals surface area contributed by atoms with E-state index in [1.165, 1.54) is 11.8 Å². The molecule has 6 nitrogen and oxygen atoms in total. The van der Waals surface area contributed by atoms with E-state index in [-0.39, 0.29) is 12.0 Å². The maximum absolute atomic E-state index is 12.7. The third-order valence-corrected chi connectivity index (χ3v) is 5.73.